The summed E-state index contributed by atoms with van der Waals surface area (Å²) in [7, 11) is -1.36. The summed E-state index contributed by atoms with van der Waals surface area (Å²) in [6.45, 7) is 0. The molecule has 0 unspecified atom stereocenters. The maximum Gasteiger partial charge on any atom is 0.226 e. The Balaban J connectivity index is 1.72. The van der Waals surface area contributed by atoms with Gasteiger partial charge in [0.15, 0.2) is 0 Å². The third-order valence-electron chi connectivity index (χ3n) is 7.91. The Bertz CT molecular complexity index is 567. The predicted molar refractivity (Wildman–Crippen MR) is 130 cm³/mol. The van der Waals surface area contributed by atoms with E-state index in [1.807, 2.05) is 0 Å². The van der Waals surface area contributed by atoms with Crippen molar-refractivity contribution in [1.29, 1.82) is 0 Å². The first-order chi connectivity index (χ1) is 13.8. The second kappa shape index (κ2) is 10.0. The lowest BCUT2D eigenvalue weighted by Crippen LogP contribution is -2.41. The summed E-state index contributed by atoms with van der Waals surface area (Å²) in [5.74, 6) is 0. The molecule has 3 heteroatoms. The van der Waals surface area contributed by atoms with Gasteiger partial charge in [0.25, 0.3) is 0 Å². The SMILES string of the molecule is S=C(Nc1ccccc1)[P+](C1CCCCC1)(C1CCCCC1)C1CCCCC1. The van der Waals surface area contributed by atoms with Gasteiger partial charge in [-0.2, -0.15) is 0 Å². The molecule has 4 rings (SSSR count). The molecule has 0 aliphatic heterocycles. The van der Waals surface area contributed by atoms with E-state index in [1.165, 1.54) is 107 Å². The Kier molecular flexibility index (Phi) is 7.45. The highest BCUT2D eigenvalue weighted by molar-refractivity contribution is 8.08. The van der Waals surface area contributed by atoms with Gasteiger partial charge >= 0.3 is 0 Å². The zero-order valence-electron chi connectivity index (χ0n) is 17.6. The van der Waals surface area contributed by atoms with Gasteiger partial charge in [0.1, 0.15) is 0 Å². The van der Waals surface area contributed by atoms with E-state index in [1.54, 1.807) is 0 Å². The second-order valence-electron chi connectivity index (χ2n) is 9.51. The fourth-order valence-electron chi connectivity index (χ4n) is 6.66. The van der Waals surface area contributed by atoms with Gasteiger partial charge in [-0.15, -0.1) is 0 Å². The van der Waals surface area contributed by atoms with Crippen molar-refractivity contribution in [3.8, 4) is 0 Å². The van der Waals surface area contributed by atoms with E-state index in [2.05, 4.69) is 35.6 Å². The third-order valence-corrected chi connectivity index (χ3v) is 15.0. The van der Waals surface area contributed by atoms with Crippen LogP contribution >= 0.6 is 19.5 Å². The molecule has 1 aromatic rings. The molecule has 1 nitrogen and oxygen atoms in total. The van der Waals surface area contributed by atoms with Gasteiger partial charge in [0.2, 0.25) is 4.73 Å². The van der Waals surface area contributed by atoms with Crippen LogP contribution in [0.2, 0.25) is 0 Å². The van der Waals surface area contributed by atoms with Crippen molar-refractivity contribution in [2.24, 2.45) is 0 Å². The van der Waals surface area contributed by atoms with Crippen LogP contribution < -0.4 is 5.32 Å². The molecule has 0 saturated heterocycles. The molecule has 1 aromatic carbocycles. The summed E-state index contributed by atoms with van der Waals surface area (Å²) in [5.41, 5.74) is 3.96. The molecule has 1 N–H and O–H groups in total. The van der Waals surface area contributed by atoms with Crippen molar-refractivity contribution in [1.82, 2.24) is 0 Å². The smallest absolute Gasteiger partial charge is 0.226 e. The van der Waals surface area contributed by atoms with Gasteiger partial charge in [-0.1, -0.05) is 37.5 Å². The van der Waals surface area contributed by atoms with Gasteiger partial charge in [0.05, 0.1) is 24.2 Å². The van der Waals surface area contributed by atoms with Gasteiger partial charge in [-0.25, -0.2) is 0 Å². The quantitative estimate of drug-likeness (QED) is 0.382. The molecule has 28 heavy (non-hydrogen) atoms. The minimum atomic E-state index is -1.36. The molecule has 0 heterocycles. The molecule has 0 radical (unpaired) electrons. The van der Waals surface area contributed by atoms with E-state index >= 15 is 0 Å². The molecular weight excluding hydrogens is 377 g/mol. The number of hydrogen-bond acceptors (Lipinski definition) is 1. The molecule has 3 fully saturated rings. The molecule has 0 bridgehead atoms. The second-order valence-corrected chi connectivity index (χ2v) is 14.5. The molecule has 3 aliphatic carbocycles. The van der Waals surface area contributed by atoms with Gasteiger partial charge in [-0.3, -0.25) is 0 Å². The summed E-state index contributed by atoms with van der Waals surface area (Å²) in [6, 6.07) is 10.8. The third kappa shape index (κ3) is 4.34. The van der Waals surface area contributed by atoms with Crippen LogP contribution in [0.4, 0.5) is 5.69 Å². The zero-order chi connectivity index (χ0) is 19.2. The van der Waals surface area contributed by atoms with E-state index in [0.717, 1.165) is 17.0 Å². The number of thiocarbonyl (C=S) groups is 1. The van der Waals surface area contributed by atoms with Crippen LogP contribution in [0, 0.1) is 0 Å². The summed E-state index contributed by atoms with van der Waals surface area (Å²) in [5, 5.41) is 3.86. The summed E-state index contributed by atoms with van der Waals surface area (Å²) in [6.07, 6.45) is 21.7. The first-order valence-electron chi connectivity index (χ1n) is 12.1. The molecule has 0 spiro atoms. The Labute approximate surface area is 178 Å². The van der Waals surface area contributed by atoms with Gasteiger partial charge in [-0.05, 0) is 101 Å². The van der Waals surface area contributed by atoms with Crippen molar-refractivity contribution < 1.29 is 0 Å². The van der Waals surface area contributed by atoms with E-state index in [-0.39, 0.29) is 0 Å². The summed E-state index contributed by atoms with van der Waals surface area (Å²) in [4.78, 5) is 0. The average molecular weight is 417 g/mol. The maximum atomic E-state index is 6.45. The number of benzene rings is 1. The lowest BCUT2D eigenvalue weighted by molar-refractivity contribution is 0.456. The largest absolute Gasteiger partial charge is 0.317 e. The number of para-hydroxylation sites is 1. The topological polar surface area (TPSA) is 12.0 Å². The molecule has 0 atom stereocenters. The van der Waals surface area contributed by atoms with Crippen LogP contribution in [0.5, 0.6) is 0 Å². The Morgan fingerprint density at radius 3 is 1.43 bits per heavy atom. The predicted octanol–water partition coefficient (Wildman–Crippen LogP) is 8.40. The number of nitrogens with one attached hydrogen (secondary N) is 1. The molecule has 0 aromatic heterocycles. The van der Waals surface area contributed by atoms with E-state index in [0.29, 0.717) is 0 Å². The first-order valence-corrected chi connectivity index (χ1v) is 14.5. The van der Waals surface area contributed by atoms with Crippen LogP contribution in [-0.2, 0) is 0 Å². The normalized spacial score (nSPS) is 23.4. The highest BCUT2D eigenvalue weighted by atomic mass is 32.1. The lowest BCUT2D eigenvalue weighted by atomic mass is 9.99. The molecule has 154 valence electrons. The van der Waals surface area contributed by atoms with Crippen LogP contribution in [0.25, 0.3) is 0 Å². The van der Waals surface area contributed by atoms with Crippen LogP contribution in [-0.4, -0.2) is 21.7 Å². The number of anilines is 1. The minimum absolute atomic E-state index is 0.913. The number of rotatable bonds is 5. The van der Waals surface area contributed by atoms with Gasteiger partial charge < -0.3 is 5.32 Å². The van der Waals surface area contributed by atoms with Crippen molar-refractivity contribution in [2.75, 3.05) is 5.32 Å². The monoisotopic (exact) mass is 416 g/mol. The lowest BCUT2D eigenvalue weighted by Gasteiger charge is -2.48. The Hall–Kier alpha value is -0.460. The minimum Gasteiger partial charge on any atom is -0.317 e. The van der Waals surface area contributed by atoms with Crippen molar-refractivity contribution in [3.05, 3.63) is 30.3 Å². The van der Waals surface area contributed by atoms with E-state index in [9.17, 15) is 0 Å². The van der Waals surface area contributed by atoms with Gasteiger partial charge in [0, 0.05) is 5.69 Å². The van der Waals surface area contributed by atoms with E-state index < -0.39 is 7.26 Å². The van der Waals surface area contributed by atoms with Crippen LogP contribution in [0.15, 0.2) is 30.3 Å². The van der Waals surface area contributed by atoms with Crippen molar-refractivity contribution >= 4 is 29.9 Å². The fraction of sp³-hybridized carbons (Fsp3) is 0.720. The highest BCUT2D eigenvalue weighted by Gasteiger charge is 2.60. The average Bonchev–Trinajstić information content (AvgIpc) is 2.77. The van der Waals surface area contributed by atoms with Crippen molar-refractivity contribution in [2.45, 2.75) is 113 Å². The molecule has 3 saturated carbocycles. The number of hydrogen-bond donors (Lipinski definition) is 1. The maximum absolute atomic E-state index is 6.45. The van der Waals surface area contributed by atoms with Crippen LogP contribution in [0.1, 0.15) is 96.3 Å². The molecular formula is C25H39NPS+. The molecule has 3 aliphatic rings. The van der Waals surface area contributed by atoms with E-state index in [4.69, 9.17) is 12.2 Å². The standard InChI is InChI=1S/C25H38NPS/c28-25(26-21-13-5-1-6-14-21)27(22-15-7-2-8-16-22,23-17-9-3-10-18-23)24-19-11-4-12-20-24/h1,5-6,13-14,22-24H,2-4,7-12,15-20H2/p+1. The Morgan fingerprint density at radius 1 is 0.643 bits per heavy atom. The fourth-order valence-corrected chi connectivity index (χ4v) is 14.9. The van der Waals surface area contributed by atoms with Crippen molar-refractivity contribution in [3.63, 3.8) is 0 Å². The summed E-state index contributed by atoms with van der Waals surface area (Å²) < 4.78 is 1.32. The zero-order valence-corrected chi connectivity index (χ0v) is 19.3. The summed E-state index contributed by atoms with van der Waals surface area (Å²) >= 11 is 6.45. The first kappa shape index (κ1) is 20.8. The Morgan fingerprint density at radius 2 is 1.04 bits per heavy atom. The molecule has 0 amide bonds. The highest BCUT2D eigenvalue weighted by Crippen LogP contribution is 2.78. The van der Waals surface area contributed by atoms with Crippen LogP contribution in [0.3, 0.4) is 0 Å².